The molecule has 9 heteroatoms. The first-order valence-corrected chi connectivity index (χ1v) is 11.6. The second kappa shape index (κ2) is 10.6. The fourth-order valence-electron chi connectivity index (χ4n) is 4.78. The molecule has 36 heavy (non-hydrogen) atoms. The minimum atomic E-state index is -1.30. The summed E-state index contributed by atoms with van der Waals surface area (Å²) in [5.41, 5.74) is 0.554. The predicted molar refractivity (Wildman–Crippen MR) is 135 cm³/mol. The number of unbranched alkanes of at least 4 members (excludes halogenated alkanes) is 1. The van der Waals surface area contributed by atoms with Crippen molar-refractivity contribution in [1.82, 2.24) is 10.2 Å². The van der Waals surface area contributed by atoms with Crippen LogP contribution in [0.1, 0.15) is 29.6 Å². The van der Waals surface area contributed by atoms with Crippen LogP contribution in [0.2, 0.25) is 0 Å². The van der Waals surface area contributed by atoms with Gasteiger partial charge in [-0.1, -0.05) is 48.5 Å². The van der Waals surface area contributed by atoms with Crippen LogP contribution in [0.15, 0.2) is 54.6 Å². The number of rotatable bonds is 12. The van der Waals surface area contributed by atoms with Crippen LogP contribution in [0, 0.1) is 0 Å². The van der Waals surface area contributed by atoms with E-state index in [4.69, 9.17) is 10.2 Å². The molecule has 186 valence electrons. The van der Waals surface area contributed by atoms with Gasteiger partial charge in [-0.2, -0.15) is 0 Å². The molecule has 0 bridgehead atoms. The Morgan fingerprint density at radius 2 is 1.33 bits per heavy atom. The molecule has 4 N–H and O–H groups in total. The molecular weight excluding hydrogens is 464 g/mol. The van der Waals surface area contributed by atoms with Crippen LogP contribution < -0.4 is 5.32 Å². The molecule has 9 nitrogen and oxygen atoms in total. The molecule has 0 spiro atoms. The van der Waals surface area contributed by atoms with E-state index in [1.165, 1.54) is 0 Å². The smallest absolute Gasteiger partial charge is 0.320 e. The Morgan fingerprint density at radius 1 is 0.750 bits per heavy atom. The van der Waals surface area contributed by atoms with Crippen LogP contribution in [-0.2, 0) is 14.4 Å². The molecule has 4 aromatic carbocycles. The van der Waals surface area contributed by atoms with E-state index in [0.29, 0.717) is 24.9 Å². The summed E-state index contributed by atoms with van der Waals surface area (Å²) in [7, 11) is 0. The van der Waals surface area contributed by atoms with Crippen LogP contribution in [0.5, 0.6) is 0 Å². The third-order valence-electron chi connectivity index (χ3n) is 6.37. The van der Waals surface area contributed by atoms with Crippen molar-refractivity contribution in [2.45, 2.75) is 25.3 Å². The van der Waals surface area contributed by atoms with E-state index in [-0.39, 0.29) is 12.3 Å². The third kappa shape index (κ3) is 5.21. The zero-order valence-corrected chi connectivity index (χ0v) is 19.4. The molecular formula is C27H26N2O7. The van der Waals surface area contributed by atoms with Gasteiger partial charge in [-0.25, -0.2) is 0 Å². The zero-order chi connectivity index (χ0) is 25.8. The summed E-state index contributed by atoms with van der Waals surface area (Å²) in [4.78, 5) is 47.6. The van der Waals surface area contributed by atoms with Crippen LogP contribution in [0.4, 0.5) is 0 Å². The minimum absolute atomic E-state index is 0.0600. The highest BCUT2D eigenvalue weighted by Crippen LogP contribution is 2.35. The fraction of sp³-hybridized carbons (Fsp3) is 0.259. The van der Waals surface area contributed by atoms with Crippen molar-refractivity contribution in [3.05, 3.63) is 60.2 Å². The Balaban J connectivity index is 1.41. The number of benzene rings is 4. The van der Waals surface area contributed by atoms with Gasteiger partial charge in [0, 0.05) is 12.1 Å². The molecule has 4 rings (SSSR count). The molecule has 0 saturated carbocycles. The van der Waals surface area contributed by atoms with Crippen LogP contribution in [-0.4, -0.2) is 69.7 Å². The van der Waals surface area contributed by atoms with Crippen molar-refractivity contribution in [1.29, 1.82) is 0 Å². The summed E-state index contributed by atoms with van der Waals surface area (Å²) in [5.74, 6) is -4.12. The van der Waals surface area contributed by atoms with E-state index in [0.717, 1.165) is 37.2 Å². The average Bonchev–Trinajstić information content (AvgIpc) is 2.83. The molecule has 0 radical (unpaired) electrons. The predicted octanol–water partition coefficient (Wildman–Crippen LogP) is 3.41. The van der Waals surface area contributed by atoms with Gasteiger partial charge in [0.15, 0.2) is 0 Å². The Kier molecular flexibility index (Phi) is 7.30. The van der Waals surface area contributed by atoms with Crippen molar-refractivity contribution in [3.63, 3.8) is 0 Å². The molecule has 0 fully saturated rings. The van der Waals surface area contributed by atoms with Gasteiger partial charge in [-0.15, -0.1) is 0 Å². The van der Waals surface area contributed by atoms with Crippen LogP contribution in [0.3, 0.4) is 0 Å². The maximum atomic E-state index is 13.0. The van der Waals surface area contributed by atoms with Crippen LogP contribution >= 0.6 is 0 Å². The summed E-state index contributed by atoms with van der Waals surface area (Å²) in [6, 6.07) is 16.7. The number of carboxylic acids is 3. The topological polar surface area (TPSA) is 144 Å². The van der Waals surface area contributed by atoms with Gasteiger partial charge >= 0.3 is 17.9 Å². The van der Waals surface area contributed by atoms with Crippen molar-refractivity contribution in [3.8, 4) is 0 Å². The van der Waals surface area contributed by atoms with Gasteiger partial charge in [0.1, 0.15) is 6.04 Å². The summed E-state index contributed by atoms with van der Waals surface area (Å²) in [6.45, 7) is -1.08. The standard InChI is InChI=1S/C27H26N2O7/c30-22(31)14-29(15-23(32)33)21(27(35)36)6-1-2-13-28-26(34)20-12-10-18-8-7-16-4-3-5-17-9-11-19(20)25(18)24(16)17/h3-5,7-12,21H,1-2,6,13-15H2,(H,28,34)(H,30,31)(H,32,33)(H,35,36). The maximum Gasteiger partial charge on any atom is 0.320 e. The van der Waals surface area contributed by atoms with Gasteiger partial charge in [-0.05, 0) is 57.6 Å². The lowest BCUT2D eigenvalue weighted by Gasteiger charge is -2.25. The van der Waals surface area contributed by atoms with Gasteiger partial charge in [0.05, 0.1) is 13.1 Å². The van der Waals surface area contributed by atoms with Crippen molar-refractivity contribution in [2.75, 3.05) is 19.6 Å². The maximum absolute atomic E-state index is 13.0. The number of nitrogens with zero attached hydrogens (tertiary/aromatic N) is 1. The van der Waals surface area contributed by atoms with Crippen molar-refractivity contribution < 1.29 is 34.5 Å². The second-order valence-corrected chi connectivity index (χ2v) is 8.77. The third-order valence-corrected chi connectivity index (χ3v) is 6.37. The largest absolute Gasteiger partial charge is 0.480 e. The molecule has 0 aliphatic heterocycles. The van der Waals surface area contributed by atoms with E-state index >= 15 is 0 Å². The van der Waals surface area contributed by atoms with Gasteiger partial charge in [0.25, 0.3) is 5.91 Å². The molecule has 0 saturated heterocycles. The lowest BCUT2D eigenvalue weighted by Crippen LogP contribution is -2.46. The molecule has 1 atom stereocenters. The molecule has 0 aliphatic rings. The van der Waals surface area contributed by atoms with E-state index < -0.39 is 37.0 Å². The Labute approximate surface area is 206 Å². The normalized spacial score (nSPS) is 12.4. The fourth-order valence-corrected chi connectivity index (χ4v) is 4.78. The van der Waals surface area contributed by atoms with E-state index in [1.807, 2.05) is 42.5 Å². The first kappa shape index (κ1) is 24.9. The molecule has 0 aromatic heterocycles. The Bertz CT molecular complexity index is 1420. The number of hydrogen-bond donors (Lipinski definition) is 4. The van der Waals surface area contributed by atoms with E-state index in [2.05, 4.69) is 11.4 Å². The zero-order valence-electron chi connectivity index (χ0n) is 19.4. The monoisotopic (exact) mass is 490 g/mol. The van der Waals surface area contributed by atoms with Gasteiger partial charge < -0.3 is 20.6 Å². The number of hydrogen-bond acceptors (Lipinski definition) is 5. The number of nitrogens with one attached hydrogen (secondary N) is 1. The summed E-state index contributed by atoms with van der Waals surface area (Å²) < 4.78 is 0. The number of amides is 1. The molecule has 0 heterocycles. The van der Waals surface area contributed by atoms with E-state index in [1.54, 1.807) is 6.07 Å². The Hall–Kier alpha value is -4.24. The summed E-state index contributed by atoms with van der Waals surface area (Å²) >= 11 is 0. The molecule has 1 unspecified atom stereocenters. The molecule has 4 aromatic rings. The SMILES string of the molecule is O=C(O)CN(CC(=O)O)C(CCCCNC(=O)c1ccc2ccc3cccc4ccc1c2c34)C(=O)O. The number of carbonyl (C=O) groups excluding carboxylic acids is 1. The van der Waals surface area contributed by atoms with E-state index in [9.17, 15) is 24.3 Å². The van der Waals surface area contributed by atoms with Crippen LogP contribution in [0.25, 0.3) is 32.3 Å². The lowest BCUT2D eigenvalue weighted by atomic mass is 9.92. The highest BCUT2D eigenvalue weighted by Gasteiger charge is 2.28. The first-order valence-electron chi connectivity index (χ1n) is 11.6. The van der Waals surface area contributed by atoms with Gasteiger partial charge in [0.2, 0.25) is 0 Å². The Morgan fingerprint density at radius 3 is 1.94 bits per heavy atom. The van der Waals surface area contributed by atoms with Crippen molar-refractivity contribution in [2.24, 2.45) is 0 Å². The molecule has 0 aliphatic carbocycles. The summed E-state index contributed by atoms with van der Waals surface area (Å²) in [5, 5.41) is 36.6. The average molecular weight is 491 g/mol. The number of carboxylic acid groups (broad SMARTS) is 3. The van der Waals surface area contributed by atoms with Crippen molar-refractivity contribution >= 4 is 56.1 Å². The second-order valence-electron chi connectivity index (χ2n) is 8.77. The quantitative estimate of drug-likeness (QED) is 0.175. The van der Waals surface area contributed by atoms with Gasteiger partial charge in [-0.3, -0.25) is 24.1 Å². The molecule has 1 amide bonds. The highest BCUT2D eigenvalue weighted by molar-refractivity contribution is 6.26. The summed E-state index contributed by atoms with van der Waals surface area (Å²) in [6.07, 6.45) is 0.880. The number of aliphatic carboxylic acids is 3. The lowest BCUT2D eigenvalue weighted by molar-refractivity contribution is -0.149. The highest BCUT2D eigenvalue weighted by atomic mass is 16.4. The number of carbonyl (C=O) groups is 4. The first-order chi connectivity index (χ1) is 17.3. The minimum Gasteiger partial charge on any atom is -0.480 e.